The molecule has 1 amide bonds. The quantitative estimate of drug-likeness (QED) is 0.889. The van der Waals surface area contributed by atoms with Crippen molar-refractivity contribution in [2.24, 2.45) is 11.8 Å². The van der Waals surface area contributed by atoms with Gasteiger partial charge in [0, 0.05) is 56.5 Å². The third kappa shape index (κ3) is 3.51. The van der Waals surface area contributed by atoms with Crippen molar-refractivity contribution >= 4 is 5.91 Å². The Morgan fingerprint density at radius 1 is 1.18 bits per heavy atom. The molecule has 2 bridgehead atoms. The zero-order chi connectivity index (χ0) is 19.8. The minimum atomic E-state index is -0.130. The van der Waals surface area contributed by atoms with E-state index in [0.29, 0.717) is 23.3 Å². The molecule has 28 heavy (non-hydrogen) atoms. The molecule has 1 N–H and O–H groups in total. The predicted molar refractivity (Wildman–Crippen MR) is 112 cm³/mol. The number of pyridine rings is 1. The molecule has 1 aromatic carbocycles. The smallest absolute Gasteiger partial charge is 0.251 e. The minimum absolute atomic E-state index is 0.0474. The third-order valence-electron chi connectivity index (χ3n) is 5.97. The van der Waals surface area contributed by atoms with Crippen LogP contribution >= 0.6 is 0 Å². The van der Waals surface area contributed by atoms with Crippen molar-refractivity contribution in [1.29, 1.82) is 0 Å². The third-order valence-corrected chi connectivity index (χ3v) is 5.97. The van der Waals surface area contributed by atoms with Gasteiger partial charge in [0.2, 0.25) is 0 Å². The summed E-state index contributed by atoms with van der Waals surface area (Å²) in [5.74, 6) is 1.44. The number of carbonyl (C=O) groups excluding carboxylic acids is 1. The van der Waals surface area contributed by atoms with Crippen LogP contribution in [0.2, 0.25) is 0 Å². The minimum Gasteiger partial charge on any atom is -0.355 e. The van der Waals surface area contributed by atoms with Crippen molar-refractivity contribution in [3.8, 4) is 11.1 Å². The maximum atomic E-state index is 12.9. The summed E-state index contributed by atoms with van der Waals surface area (Å²) in [6.45, 7) is 8.52. The van der Waals surface area contributed by atoms with E-state index < -0.39 is 0 Å². The molecule has 1 fully saturated rings. The number of hydrogen-bond donors (Lipinski definition) is 1. The average molecular weight is 380 g/mol. The Bertz CT molecular complexity index is 947. The molecule has 148 valence electrons. The van der Waals surface area contributed by atoms with Gasteiger partial charge >= 0.3 is 0 Å². The Kier molecular flexibility index (Phi) is 5.11. The monoisotopic (exact) mass is 379 g/mol. The van der Waals surface area contributed by atoms with E-state index in [2.05, 4.69) is 30.1 Å². The molecule has 4 rings (SSSR count). The van der Waals surface area contributed by atoms with Crippen LogP contribution in [0.1, 0.15) is 42.2 Å². The second-order valence-electron chi connectivity index (χ2n) is 8.65. The normalized spacial score (nSPS) is 21.4. The average Bonchev–Trinajstić information content (AvgIpc) is 2.67. The van der Waals surface area contributed by atoms with Crippen LogP contribution in [0.5, 0.6) is 0 Å². The topological polar surface area (TPSA) is 54.3 Å². The van der Waals surface area contributed by atoms with E-state index in [9.17, 15) is 9.59 Å². The number of piperidine rings is 1. The summed E-state index contributed by atoms with van der Waals surface area (Å²) in [7, 11) is 1.63. The fraction of sp³-hybridized carbons (Fsp3) is 0.478. The Labute approximate surface area is 166 Å². The lowest BCUT2D eigenvalue weighted by Gasteiger charge is -2.43. The van der Waals surface area contributed by atoms with Crippen molar-refractivity contribution in [1.82, 2.24) is 14.8 Å². The van der Waals surface area contributed by atoms with Crippen LogP contribution in [-0.2, 0) is 6.54 Å². The van der Waals surface area contributed by atoms with Crippen molar-refractivity contribution in [2.75, 3.05) is 26.7 Å². The van der Waals surface area contributed by atoms with E-state index in [1.807, 2.05) is 28.8 Å². The van der Waals surface area contributed by atoms with E-state index in [0.717, 1.165) is 49.4 Å². The first kappa shape index (κ1) is 18.9. The summed E-state index contributed by atoms with van der Waals surface area (Å²) in [5.41, 5.74) is 3.44. The maximum absolute atomic E-state index is 12.9. The second kappa shape index (κ2) is 7.55. The molecule has 0 radical (unpaired) electrons. The molecular weight excluding hydrogens is 350 g/mol. The number of aromatic nitrogens is 1. The lowest BCUT2D eigenvalue weighted by molar-refractivity contribution is 0.0963. The van der Waals surface area contributed by atoms with Gasteiger partial charge in [0.1, 0.15) is 0 Å². The van der Waals surface area contributed by atoms with Crippen LogP contribution in [0, 0.1) is 11.8 Å². The molecule has 0 saturated carbocycles. The Morgan fingerprint density at radius 3 is 2.71 bits per heavy atom. The number of nitrogens with one attached hydrogen (secondary N) is 1. The molecule has 5 heteroatoms. The summed E-state index contributed by atoms with van der Waals surface area (Å²) in [5, 5.41) is 2.70. The van der Waals surface area contributed by atoms with Crippen molar-refractivity contribution < 1.29 is 4.79 Å². The molecule has 5 nitrogen and oxygen atoms in total. The molecule has 2 aliphatic heterocycles. The van der Waals surface area contributed by atoms with Gasteiger partial charge in [0.05, 0.1) is 0 Å². The summed E-state index contributed by atoms with van der Waals surface area (Å²) in [6.07, 6.45) is 1.15. The maximum Gasteiger partial charge on any atom is 0.251 e. The first-order chi connectivity index (χ1) is 13.5. The van der Waals surface area contributed by atoms with Gasteiger partial charge in [-0.15, -0.1) is 0 Å². The molecule has 0 unspecified atom stereocenters. The van der Waals surface area contributed by atoms with Crippen molar-refractivity contribution in [3.63, 3.8) is 0 Å². The zero-order valence-electron chi connectivity index (χ0n) is 16.9. The van der Waals surface area contributed by atoms with Crippen LogP contribution in [0.4, 0.5) is 0 Å². The number of nitrogens with zero attached hydrogens (tertiary/aromatic N) is 2. The van der Waals surface area contributed by atoms with Crippen LogP contribution in [0.15, 0.2) is 41.2 Å². The van der Waals surface area contributed by atoms with Crippen LogP contribution in [0.3, 0.4) is 0 Å². The summed E-state index contributed by atoms with van der Waals surface area (Å²) in [6, 6.07) is 11.3. The highest BCUT2D eigenvalue weighted by Crippen LogP contribution is 2.37. The Hall–Kier alpha value is -2.40. The zero-order valence-corrected chi connectivity index (χ0v) is 16.9. The van der Waals surface area contributed by atoms with E-state index in [4.69, 9.17) is 0 Å². The highest BCUT2D eigenvalue weighted by atomic mass is 16.1. The van der Waals surface area contributed by atoms with Crippen LogP contribution in [0.25, 0.3) is 11.1 Å². The van der Waals surface area contributed by atoms with Crippen LogP contribution in [-0.4, -0.2) is 42.1 Å². The van der Waals surface area contributed by atoms with Gasteiger partial charge in [-0.05, 0) is 41.5 Å². The van der Waals surface area contributed by atoms with Crippen molar-refractivity contribution in [2.45, 2.75) is 32.7 Å². The summed E-state index contributed by atoms with van der Waals surface area (Å²) < 4.78 is 1.97. The molecule has 1 saturated heterocycles. The van der Waals surface area contributed by atoms with Crippen molar-refractivity contribution in [3.05, 3.63) is 58.0 Å². The van der Waals surface area contributed by atoms with Gasteiger partial charge < -0.3 is 14.8 Å². The van der Waals surface area contributed by atoms with Gasteiger partial charge in [0.25, 0.3) is 11.5 Å². The molecule has 2 aromatic rings. The van der Waals surface area contributed by atoms with Crippen LogP contribution < -0.4 is 10.9 Å². The van der Waals surface area contributed by atoms with E-state index in [1.165, 1.54) is 0 Å². The lowest BCUT2D eigenvalue weighted by atomic mass is 9.82. The number of hydrogen-bond acceptors (Lipinski definition) is 3. The molecule has 1 aromatic heterocycles. The van der Waals surface area contributed by atoms with Gasteiger partial charge in [-0.3, -0.25) is 9.59 Å². The first-order valence-electron chi connectivity index (χ1n) is 10.2. The number of benzene rings is 1. The van der Waals surface area contributed by atoms with E-state index in [1.54, 1.807) is 13.1 Å². The predicted octanol–water partition coefficient (Wildman–Crippen LogP) is 2.95. The number of fused-ring (bicyclic) bond motifs is 4. The number of rotatable bonds is 4. The molecule has 2 aliphatic rings. The number of amides is 1. The molecule has 0 spiro atoms. The lowest BCUT2D eigenvalue weighted by Crippen LogP contribution is -2.48. The van der Waals surface area contributed by atoms with Gasteiger partial charge in [-0.2, -0.15) is 0 Å². The summed E-state index contributed by atoms with van der Waals surface area (Å²) in [4.78, 5) is 27.8. The molecule has 3 heterocycles. The SMILES string of the molecule is CNC(=O)c1ccccc1-c1cc2n(c(=O)c1)C[C@H]1C[C@@H]2CN(CC(C)C)C1. The fourth-order valence-corrected chi connectivity index (χ4v) is 4.95. The largest absolute Gasteiger partial charge is 0.355 e. The van der Waals surface area contributed by atoms with E-state index in [-0.39, 0.29) is 11.5 Å². The van der Waals surface area contributed by atoms with Gasteiger partial charge in [-0.1, -0.05) is 32.0 Å². The van der Waals surface area contributed by atoms with Gasteiger partial charge in [-0.25, -0.2) is 0 Å². The molecule has 2 atom stereocenters. The molecule has 0 aliphatic carbocycles. The standard InChI is InChI=1S/C23H29N3O2/c1-15(2)11-25-12-16-8-18(14-25)21-9-17(10-22(27)26(21)13-16)19-6-4-5-7-20(19)23(28)24-3/h4-7,9-10,15-16,18H,8,11-14H2,1-3H3,(H,24,28)/t16-,18+/m0/s1. The highest BCUT2D eigenvalue weighted by molar-refractivity contribution is 6.00. The highest BCUT2D eigenvalue weighted by Gasteiger charge is 2.35. The fourth-order valence-electron chi connectivity index (χ4n) is 4.95. The Morgan fingerprint density at radius 2 is 1.96 bits per heavy atom. The Balaban J connectivity index is 1.75. The number of carbonyl (C=O) groups is 1. The second-order valence-corrected chi connectivity index (χ2v) is 8.65. The molecular formula is C23H29N3O2. The summed E-state index contributed by atoms with van der Waals surface area (Å²) >= 11 is 0. The first-order valence-corrected chi connectivity index (χ1v) is 10.2. The van der Waals surface area contributed by atoms with E-state index >= 15 is 0 Å². The van der Waals surface area contributed by atoms with Gasteiger partial charge in [0.15, 0.2) is 0 Å². The number of likely N-dealkylation sites (tertiary alicyclic amines) is 1.